The molecule has 1 aliphatic heterocycles. The molecule has 0 spiro atoms. The van der Waals surface area contributed by atoms with Crippen LogP contribution in [0.5, 0.6) is 0 Å². The molecule has 1 aromatic heterocycles. The zero-order valence-corrected chi connectivity index (χ0v) is 15.3. The highest BCUT2D eigenvalue weighted by Crippen LogP contribution is 2.40. The van der Waals surface area contributed by atoms with Crippen LogP contribution in [0.15, 0.2) is 54.6 Å². The first-order valence-corrected chi connectivity index (χ1v) is 9.82. The minimum Gasteiger partial charge on any atom is -0.480 e. The van der Waals surface area contributed by atoms with Gasteiger partial charge >= 0.3 is 5.97 Å². The van der Waals surface area contributed by atoms with Gasteiger partial charge in [-0.25, -0.2) is 0 Å². The number of fused-ring (bicyclic) bond motifs is 3. The molecule has 138 valence electrons. The lowest BCUT2D eigenvalue weighted by Gasteiger charge is -2.30. The summed E-state index contributed by atoms with van der Waals surface area (Å²) in [6, 6.07) is 18.3. The molecule has 0 unspecified atom stereocenters. The lowest BCUT2D eigenvalue weighted by molar-refractivity contribution is -0.139. The van der Waals surface area contributed by atoms with Crippen LogP contribution in [0.3, 0.4) is 0 Å². The van der Waals surface area contributed by atoms with E-state index in [0.717, 1.165) is 40.6 Å². The van der Waals surface area contributed by atoms with Gasteiger partial charge in [0.15, 0.2) is 0 Å². The van der Waals surface area contributed by atoms with Crippen molar-refractivity contribution in [1.82, 2.24) is 10.3 Å². The van der Waals surface area contributed by atoms with Crippen molar-refractivity contribution in [2.45, 2.75) is 31.3 Å². The van der Waals surface area contributed by atoms with Crippen LogP contribution in [0.25, 0.3) is 21.7 Å². The third-order valence-electron chi connectivity index (χ3n) is 6.43. The van der Waals surface area contributed by atoms with E-state index in [1.165, 1.54) is 21.9 Å². The van der Waals surface area contributed by atoms with Crippen molar-refractivity contribution in [3.05, 3.63) is 82.5 Å². The van der Waals surface area contributed by atoms with E-state index in [1.54, 1.807) is 0 Å². The fraction of sp³-hybridized carbons (Fsp3) is 0.208. The first kappa shape index (κ1) is 15.9. The first-order chi connectivity index (χ1) is 13.7. The van der Waals surface area contributed by atoms with Gasteiger partial charge in [0, 0.05) is 23.0 Å². The number of carboxylic acids is 1. The van der Waals surface area contributed by atoms with E-state index in [9.17, 15) is 9.90 Å². The van der Waals surface area contributed by atoms with E-state index in [4.69, 9.17) is 0 Å². The lowest BCUT2D eigenvalue weighted by atomic mass is 9.87. The molecule has 0 saturated carbocycles. The van der Waals surface area contributed by atoms with E-state index in [1.807, 2.05) is 12.1 Å². The number of carboxylic acid groups (broad SMARTS) is 1. The Balaban J connectivity index is 1.62. The fourth-order valence-corrected chi connectivity index (χ4v) is 5.16. The number of aliphatic carboxylic acids is 1. The smallest absolute Gasteiger partial charge is 0.321 e. The highest BCUT2D eigenvalue weighted by molar-refractivity contribution is 5.94. The SMILES string of the molecule is O=C(O)[C@H]1Cc2c([nH]c3ccccc23)[C@@H](c2ccc3c4c(cccc24)CC3)N1. The van der Waals surface area contributed by atoms with Crippen molar-refractivity contribution in [2.24, 2.45) is 0 Å². The van der Waals surface area contributed by atoms with E-state index in [-0.39, 0.29) is 6.04 Å². The van der Waals surface area contributed by atoms with Gasteiger partial charge in [0.1, 0.15) is 6.04 Å². The maximum absolute atomic E-state index is 11.9. The molecule has 1 aliphatic carbocycles. The van der Waals surface area contributed by atoms with E-state index >= 15 is 0 Å². The Labute approximate surface area is 162 Å². The van der Waals surface area contributed by atoms with Gasteiger partial charge in [0.05, 0.1) is 6.04 Å². The molecule has 2 aliphatic rings. The largest absolute Gasteiger partial charge is 0.480 e. The molecule has 0 saturated heterocycles. The standard InChI is InChI=1S/C24H20N2O2/c27-24(28)20-12-18-15-5-1-2-7-19(15)25-23(18)22(26-20)17-11-10-14-9-8-13-4-3-6-16(17)21(13)14/h1-7,10-11,20,22,25-26H,8-9,12H2,(H,27,28)/t20-,22-/m1/s1. The summed E-state index contributed by atoms with van der Waals surface area (Å²) in [5, 5.41) is 16.9. The summed E-state index contributed by atoms with van der Waals surface area (Å²) in [6.45, 7) is 0. The summed E-state index contributed by atoms with van der Waals surface area (Å²) in [7, 11) is 0. The average molecular weight is 368 g/mol. The predicted molar refractivity (Wildman–Crippen MR) is 110 cm³/mol. The molecule has 0 fully saturated rings. The minimum atomic E-state index is -0.799. The van der Waals surface area contributed by atoms with Crippen LogP contribution in [0.2, 0.25) is 0 Å². The summed E-state index contributed by atoms with van der Waals surface area (Å²) >= 11 is 0. The maximum Gasteiger partial charge on any atom is 0.321 e. The Bertz CT molecular complexity index is 1260. The zero-order valence-electron chi connectivity index (χ0n) is 15.3. The van der Waals surface area contributed by atoms with Gasteiger partial charge in [-0.3, -0.25) is 10.1 Å². The normalized spacial score (nSPS) is 20.6. The van der Waals surface area contributed by atoms with Crippen LogP contribution >= 0.6 is 0 Å². The number of hydrogen-bond acceptors (Lipinski definition) is 2. The minimum absolute atomic E-state index is 0.165. The highest BCUT2D eigenvalue weighted by atomic mass is 16.4. The molecule has 0 bridgehead atoms. The summed E-state index contributed by atoms with van der Waals surface area (Å²) < 4.78 is 0. The molecule has 0 radical (unpaired) electrons. The van der Waals surface area contributed by atoms with Crippen molar-refractivity contribution < 1.29 is 9.90 Å². The number of para-hydroxylation sites is 1. The Morgan fingerprint density at radius 2 is 1.71 bits per heavy atom. The molecule has 3 N–H and O–H groups in total. The molecule has 3 aromatic carbocycles. The zero-order chi connectivity index (χ0) is 18.8. The molecular weight excluding hydrogens is 348 g/mol. The van der Waals surface area contributed by atoms with Gasteiger partial charge in [-0.2, -0.15) is 0 Å². The van der Waals surface area contributed by atoms with Crippen LogP contribution in [0.1, 0.15) is 34.0 Å². The average Bonchev–Trinajstić information content (AvgIpc) is 3.30. The topological polar surface area (TPSA) is 65.1 Å². The van der Waals surface area contributed by atoms with Crippen molar-refractivity contribution in [3.63, 3.8) is 0 Å². The molecule has 4 heteroatoms. The van der Waals surface area contributed by atoms with Crippen molar-refractivity contribution >= 4 is 27.6 Å². The maximum atomic E-state index is 11.9. The Morgan fingerprint density at radius 3 is 2.57 bits per heavy atom. The van der Waals surface area contributed by atoms with Gasteiger partial charge in [0.25, 0.3) is 0 Å². The number of rotatable bonds is 2. The monoisotopic (exact) mass is 368 g/mol. The molecule has 2 atom stereocenters. The Hall–Kier alpha value is -3.11. The summed E-state index contributed by atoms with van der Waals surface area (Å²) in [5.74, 6) is -0.799. The molecule has 28 heavy (non-hydrogen) atoms. The number of nitrogens with one attached hydrogen (secondary N) is 2. The van der Waals surface area contributed by atoms with E-state index in [2.05, 4.69) is 52.8 Å². The highest BCUT2D eigenvalue weighted by Gasteiger charge is 2.35. The second-order valence-electron chi connectivity index (χ2n) is 7.91. The molecule has 4 nitrogen and oxygen atoms in total. The number of carbonyl (C=O) groups is 1. The number of benzene rings is 3. The van der Waals surface area contributed by atoms with Crippen LogP contribution in [-0.2, 0) is 24.1 Å². The van der Waals surface area contributed by atoms with Crippen molar-refractivity contribution in [1.29, 1.82) is 0 Å². The van der Waals surface area contributed by atoms with Gasteiger partial charge in [-0.05, 0) is 51.9 Å². The predicted octanol–water partition coefficient (Wildman–Crippen LogP) is 4.11. The van der Waals surface area contributed by atoms with Gasteiger partial charge in [-0.15, -0.1) is 0 Å². The number of aromatic nitrogens is 1. The van der Waals surface area contributed by atoms with Crippen molar-refractivity contribution in [3.8, 4) is 0 Å². The third kappa shape index (κ3) is 2.12. The number of H-pyrrole nitrogens is 1. The molecular formula is C24H20N2O2. The summed E-state index contributed by atoms with van der Waals surface area (Å²) in [4.78, 5) is 15.5. The van der Waals surface area contributed by atoms with Gasteiger partial charge in [-0.1, -0.05) is 48.5 Å². The van der Waals surface area contributed by atoms with Crippen LogP contribution in [-0.4, -0.2) is 22.1 Å². The number of aromatic amines is 1. The first-order valence-electron chi connectivity index (χ1n) is 9.82. The molecule has 4 aromatic rings. The molecule has 2 heterocycles. The van der Waals surface area contributed by atoms with Gasteiger partial charge in [0.2, 0.25) is 0 Å². The second kappa shape index (κ2) is 5.69. The summed E-state index contributed by atoms with van der Waals surface area (Å²) in [6.07, 6.45) is 2.67. The van der Waals surface area contributed by atoms with E-state index < -0.39 is 12.0 Å². The second-order valence-corrected chi connectivity index (χ2v) is 7.91. The van der Waals surface area contributed by atoms with Crippen molar-refractivity contribution in [2.75, 3.05) is 0 Å². The van der Waals surface area contributed by atoms with Crippen LogP contribution in [0, 0.1) is 0 Å². The number of aryl methyl sites for hydroxylation is 2. The van der Waals surface area contributed by atoms with E-state index in [0.29, 0.717) is 6.42 Å². The van der Waals surface area contributed by atoms with Crippen LogP contribution in [0.4, 0.5) is 0 Å². The quantitative estimate of drug-likeness (QED) is 0.499. The number of hydrogen-bond donors (Lipinski definition) is 3. The summed E-state index contributed by atoms with van der Waals surface area (Å²) in [5.41, 5.74) is 7.23. The lowest BCUT2D eigenvalue weighted by Crippen LogP contribution is -2.45. The molecule has 0 amide bonds. The molecule has 6 rings (SSSR count). The van der Waals surface area contributed by atoms with Gasteiger partial charge < -0.3 is 10.1 Å². The third-order valence-corrected chi connectivity index (χ3v) is 6.43. The Morgan fingerprint density at radius 1 is 0.929 bits per heavy atom. The van der Waals surface area contributed by atoms with Crippen LogP contribution < -0.4 is 5.32 Å². The fourth-order valence-electron chi connectivity index (χ4n) is 5.16. The Kier molecular flexibility index (Phi) is 3.23.